The van der Waals surface area contributed by atoms with Gasteiger partial charge in [0.15, 0.2) is 0 Å². The summed E-state index contributed by atoms with van der Waals surface area (Å²) >= 11 is 0. The topological polar surface area (TPSA) is 63.6 Å². The minimum atomic E-state index is -4.27. The molecule has 1 atom stereocenters. The number of hydrogen-bond donors (Lipinski definition) is 1. The van der Waals surface area contributed by atoms with E-state index in [2.05, 4.69) is 6.58 Å². The Morgan fingerprint density at radius 1 is 1.36 bits per heavy atom. The third-order valence-electron chi connectivity index (χ3n) is 1.56. The lowest BCUT2D eigenvalue weighted by molar-refractivity contribution is 0.203. The molecular weight excluding hydrogens is 204 g/mol. The number of benzene rings is 1. The molecule has 5 heteroatoms. The van der Waals surface area contributed by atoms with Crippen LogP contribution in [0.1, 0.15) is 11.0 Å². The molecule has 1 rings (SSSR count). The Kier molecular flexibility index (Phi) is 3.27. The second-order valence-electron chi connectivity index (χ2n) is 2.56. The molecule has 1 aromatic rings. The zero-order chi connectivity index (χ0) is 10.6. The zero-order valence-corrected chi connectivity index (χ0v) is 8.15. The predicted molar refractivity (Wildman–Crippen MR) is 52.0 cm³/mol. The molecule has 76 valence electrons. The van der Waals surface area contributed by atoms with E-state index in [0.717, 1.165) is 6.26 Å². The van der Waals surface area contributed by atoms with E-state index < -0.39 is 15.6 Å². The van der Waals surface area contributed by atoms with E-state index in [0.29, 0.717) is 5.56 Å². The molecule has 4 nitrogen and oxygen atoms in total. The largest absolute Gasteiger partial charge is 0.475 e. The van der Waals surface area contributed by atoms with Gasteiger partial charge in [-0.3, -0.25) is 4.55 Å². The average molecular weight is 214 g/mol. The third kappa shape index (κ3) is 2.58. The average Bonchev–Trinajstić information content (AvgIpc) is 2.14. The minimum Gasteiger partial charge on any atom is -0.475 e. The van der Waals surface area contributed by atoms with Crippen LogP contribution >= 0.6 is 0 Å². The molecular formula is C9H10O4S. The molecule has 0 fully saturated rings. The highest BCUT2D eigenvalue weighted by Gasteiger charge is 2.25. The van der Waals surface area contributed by atoms with Gasteiger partial charge in [-0.05, 0) is 0 Å². The predicted octanol–water partition coefficient (Wildman–Crippen LogP) is 1.73. The highest BCUT2D eigenvalue weighted by Crippen LogP contribution is 2.22. The van der Waals surface area contributed by atoms with Gasteiger partial charge in [0.2, 0.25) is 5.44 Å². The molecule has 0 saturated carbocycles. The van der Waals surface area contributed by atoms with Gasteiger partial charge >= 0.3 is 10.1 Å². The molecule has 14 heavy (non-hydrogen) atoms. The van der Waals surface area contributed by atoms with Crippen LogP contribution in [0.25, 0.3) is 0 Å². The summed E-state index contributed by atoms with van der Waals surface area (Å²) in [7, 11) is -4.27. The van der Waals surface area contributed by atoms with Crippen molar-refractivity contribution < 1.29 is 17.7 Å². The van der Waals surface area contributed by atoms with Crippen LogP contribution in [0, 0.1) is 0 Å². The number of hydrogen-bond acceptors (Lipinski definition) is 3. The summed E-state index contributed by atoms with van der Waals surface area (Å²) in [5.41, 5.74) is -1.05. The first-order valence-electron chi connectivity index (χ1n) is 3.83. The van der Waals surface area contributed by atoms with Crippen molar-refractivity contribution in [2.45, 2.75) is 5.44 Å². The molecule has 1 N–H and O–H groups in total. The monoisotopic (exact) mass is 214 g/mol. The van der Waals surface area contributed by atoms with Crippen LogP contribution in [0.2, 0.25) is 0 Å². The second kappa shape index (κ2) is 4.26. The first-order chi connectivity index (χ1) is 6.55. The Balaban J connectivity index is 3.07. The molecule has 0 spiro atoms. The minimum absolute atomic E-state index is 0.356. The van der Waals surface area contributed by atoms with Crippen molar-refractivity contribution in [2.24, 2.45) is 0 Å². The number of ether oxygens (including phenoxy) is 1. The Morgan fingerprint density at radius 3 is 2.36 bits per heavy atom. The van der Waals surface area contributed by atoms with Crippen molar-refractivity contribution in [3.05, 3.63) is 48.7 Å². The van der Waals surface area contributed by atoms with Crippen molar-refractivity contribution >= 4 is 10.1 Å². The van der Waals surface area contributed by atoms with E-state index >= 15 is 0 Å². The maximum absolute atomic E-state index is 10.9. The Hall–Kier alpha value is -1.33. The molecule has 0 radical (unpaired) electrons. The second-order valence-corrected chi connectivity index (χ2v) is 4.02. The molecule has 1 aromatic carbocycles. The van der Waals surface area contributed by atoms with Gasteiger partial charge in [-0.15, -0.1) is 0 Å². The lowest BCUT2D eigenvalue weighted by atomic mass is 10.2. The van der Waals surface area contributed by atoms with Crippen LogP contribution < -0.4 is 0 Å². The summed E-state index contributed by atoms with van der Waals surface area (Å²) in [6.45, 7) is 3.24. The highest BCUT2D eigenvalue weighted by atomic mass is 32.2. The van der Waals surface area contributed by atoms with Gasteiger partial charge in [0.05, 0.1) is 6.26 Å². The summed E-state index contributed by atoms with van der Waals surface area (Å²) in [5, 5.41) is 0. The van der Waals surface area contributed by atoms with Crippen LogP contribution in [0.15, 0.2) is 43.2 Å². The summed E-state index contributed by atoms with van der Waals surface area (Å²) in [5.74, 6) is 0. The van der Waals surface area contributed by atoms with E-state index in [1.54, 1.807) is 30.3 Å². The Bertz CT molecular complexity index is 396. The van der Waals surface area contributed by atoms with E-state index in [4.69, 9.17) is 9.29 Å². The summed E-state index contributed by atoms with van der Waals surface area (Å²) < 4.78 is 35.4. The van der Waals surface area contributed by atoms with Gasteiger partial charge in [-0.1, -0.05) is 36.9 Å². The van der Waals surface area contributed by atoms with Crippen LogP contribution in [-0.4, -0.2) is 13.0 Å². The Labute approximate surface area is 82.6 Å². The maximum Gasteiger partial charge on any atom is 0.307 e. The van der Waals surface area contributed by atoms with E-state index in [1.165, 1.54) is 0 Å². The van der Waals surface area contributed by atoms with Crippen LogP contribution in [-0.2, 0) is 14.9 Å². The molecule has 1 unspecified atom stereocenters. The van der Waals surface area contributed by atoms with E-state index in [-0.39, 0.29) is 0 Å². The van der Waals surface area contributed by atoms with Gasteiger partial charge in [0.1, 0.15) is 0 Å². The fourth-order valence-electron chi connectivity index (χ4n) is 1.02. The summed E-state index contributed by atoms with van der Waals surface area (Å²) in [6, 6.07) is 8.13. The standard InChI is InChI=1S/C9H10O4S/c1-2-13-9(14(10,11)12)8-6-4-3-5-7-8/h2-7,9H,1H2,(H,10,11,12). The molecule has 0 bridgehead atoms. The van der Waals surface area contributed by atoms with Crippen LogP contribution in [0.4, 0.5) is 0 Å². The third-order valence-corrected chi connectivity index (χ3v) is 2.49. The molecule has 0 saturated heterocycles. The summed E-state index contributed by atoms with van der Waals surface area (Å²) in [4.78, 5) is 0. The van der Waals surface area contributed by atoms with Crippen molar-refractivity contribution in [3.63, 3.8) is 0 Å². The molecule has 0 aliphatic carbocycles. The first kappa shape index (κ1) is 10.7. The molecule has 0 aliphatic heterocycles. The van der Waals surface area contributed by atoms with Crippen LogP contribution in [0.3, 0.4) is 0 Å². The van der Waals surface area contributed by atoms with Gasteiger partial charge in [0, 0.05) is 5.56 Å². The van der Waals surface area contributed by atoms with Crippen molar-refractivity contribution in [1.82, 2.24) is 0 Å². The van der Waals surface area contributed by atoms with Crippen molar-refractivity contribution in [1.29, 1.82) is 0 Å². The van der Waals surface area contributed by atoms with E-state index in [9.17, 15) is 8.42 Å². The molecule has 0 amide bonds. The Morgan fingerprint density at radius 2 is 1.93 bits per heavy atom. The van der Waals surface area contributed by atoms with Gasteiger partial charge < -0.3 is 4.74 Å². The fraction of sp³-hybridized carbons (Fsp3) is 0.111. The summed E-state index contributed by atoms with van der Waals surface area (Å²) in [6.07, 6.45) is 0.978. The number of rotatable bonds is 4. The molecule has 0 heterocycles. The van der Waals surface area contributed by atoms with Crippen LogP contribution in [0.5, 0.6) is 0 Å². The zero-order valence-electron chi connectivity index (χ0n) is 7.33. The van der Waals surface area contributed by atoms with E-state index in [1.807, 2.05) is 0 Å². The molecule has 0 aromatic heterocycles. The smallest absolute Gasteiger partial charge is 0.307 e. The van der Waals surface area contributed by atoms with Gasteiger partial charge in [-0.25, -0.2) is 0 Å². The quantitative estimate of drug-likeness (QED) is 0.612. The first-order valence-corrected chi connectivity index (χ1v) is 5.33. The highest BCUT2D eigenvalue weighted by molar-refractivity contribution is 7.85. The maximum atomic E-state index is 10.9. The van der Waals surface area contributed by atoms with Crippen molar-refractivity contribution in [2.75, 3.05) is 0 Å². The SMILES string of the molecule is C=COC(c1ccccc1)S(=O)(=O)O. The fourth-order valence-corrected chi connectivity index (χ4v) is 1.74. The van der Waals surface area contributed by atoms with Gasteiger partial charge in [-0.2, -0.15) is 8.42 Å². The normalized spacial score (nSPS) is 13.2. The molecule has 0 aliphatic rings. The lowest BCUT2D eigenvalue weighted by Crippen LogP contribution is -2.13. The van der Waals surface area contributed by atoms with Gasteiger partial charge in [0.25, 0.3) is 0 Å². The lowest BCUT2D eigenvalue weighted by Gasteiger charge is -2.12. The van der Waals surface area contributed by atoms with Crippen molar-refractivity contribution in [3.8, 4) is 0 Å².